The lowest BCUT2D eigenvalue weighted by Crippen LogP contribution is -2.82. The summed E-state index contributed by atoms with van der Waals surface area (Å²) in [6.45, 7) is 9.76. The number of nitrogens with zero attached hydrogens (tertiary/aromatic N) is 1. The van der Waals surface area contributed by atoms with Crippen LogP contribution in [0.3, 0.4) is 0 Å². The summed E-state index contributed by atoms with van der Waals surface area (Å²) in [6.07, 6.45) is 3.55. The Morgan fingerprint density at radius 3 is 2.38 bits per heavy atom. The number of nitrogens with two attached hydrogens (primary N) is 1. The molecule has 1 aliphatic rings. The van der Waals surface area contributed by atoms with Crippen molar-refractivity contribution in [1.82, 2.24) is 0 Å². The van der Waals surface area contributed by atoms with Crippen molar-refractivity contribution in [3.05, 3.63) is 65.2 Å². The first kappa shape index (κ1) is 21.9. The highest BCUT2D eigenvalue weighted by atomic mass is 16.5. The van der Waals surface area contributed by atoms with Gasteiger partial charge in [-0.2, -0.15) is 0 Å². The summed E-state index contributed by atoms with van der Waals surface area (Å²) in [6, 6.07) is 18.2. The van der Waals surface area contributed by atoms with E-state index in [1.165, 1.54) is 35.2 Å². The monoisotopic (exact) mass is 395 g/mol. The van der Waals surface area contributed by atoms with Gasteiger partial charge in [-0.3, -0.25) is 0 Å². The molecule has 1 saturated heterocycles. The molecule has 2 N–H and O–H groups in total. The smallest absolute Gasteiger partial charge is 0.101 e. The molecule has 1 fully saturated rings. The Bertz CT molecular complexity index is 749. The van der Waals surface area contributed by atoms with Gasteiger partial charge in [0.25, 0.3) is 0 Å². The number of benzene rings is 2. The van der Waals surface area contributed by atoms with E-state index in [0.717, 1.165) is 26.1 Å². The summed E-state index contributed by atoms with van der Waals surface area (Å²) in [5, 5.41) is 2.47. The quantitative estimate of drug-likeness (QED) is 0.667. The van der Waals surface area contributed by atoms with E-state index in [4.69, 9.17) is 4.74 Å². The molecular weight excluding hydrogens is 356 g/mol. The second-order valence-electron chi connectivity index (χ2n) is 9.51. The van der Waals surface area contributed by atoms with E-state index < -0.39 is 0 Å². The minimum atomic E-state index is 0.00373. The Hall–Kier alpha value is -1.84. The van der Waals surface area contributed by atoms with E-state index in [2.05, 4.69) is 93.6 Å². The van der Waals surface area contributed by atoms with Crippen LogP contribution in [0.25, 0.3) is 0 Å². The second-order valence-corrected chi connectivity index (χ2v) is 9.51. The van der Waals surface area contributed by atoms with E-state index in [9.17, 15) is 0 Å². The van der Waals surface area contributed by atoms with Crippen LogP contribution in [0.15, 0.2) is 48.5 Å². The summed E-state index contributed by atoms with van der Waals surface area (Å²) in [4.78, 5) is 2.15. The predicted molar refractivity (Wildman–Crippen MR) is 123 cm³/mol. The van der Waals surface area contributed by atoms with Crippen molar-refractivity contribution in [2.45, 2.75) is 58.1 Å². The van der Waals surface area contributed by atoms with Gasteiger partial charge in [-0.1, -0.05) is 42.0 Å². The maximum atomic E-state index is 6.00. The summed E-state index contributed by atoms with van der Waals surface area (Å²) in [5.74, 6) is 1.32. The minimum absolute atomic E-state index is 0.00373. The molecule has 0 bridgehead atoms. The maximum absolute atomic E-state index is 6.00. The van der Waals surface area contributed by atoms with Crippen molar-refractivity contribution in [1.29, 1.82) is 0 Å². The van der Waals surface area contributed by atoms with Crippen LogP contribution in [0.2, 0.25) is 0 Å². The van der Waals surface area contributed by atoms with E-state index in [1.54, 1.807) is 0 Å². The third-order valence-electron chi connectivity index (χ3n) is 6.32. The number of rotatable bonds is 8. The van der Waals surface area contributed by atoms with E-state index in [0.29, 0.717) is 11.8 Å². The Balaban J connectivity index is 1.60. The lowest BCUT2D eigenvalue weighted by atomic mass is 9.75. The van der Waals surface area contributed by atoms with Crippen LogP contribution in [0, 0.1) is 12.8 Å². The molecule has 3 heteroatoms. The van der Waals surface area contributed by atoms with E-state index in [1.807, 2.05) is 0 Å². The average molecular weight is 396 g/mol. The van der Waals surface area contributed by atoms with Gasteiger partial charge < -0.3 is 15.0 Å². The molecule has 0 spiro atoms. The van der Waals surface area contributed by atoms with Crippen LogP contribution in [0.4, 0.5) is 5.69 Å². The molecule has 0 amide bonds. The second kappa shape index (κ2) is 9.77. The average Bonchev–Trinajstić information content (AvgIpc) is 2.68. The molecule has 1 aliphatic heterocycles. The molecule has 0 saturated carbocycles. The van der Waals surface area contributed by atoms with Gasteiger partial charge in [0.1, 0.15) is 6.54 Å². The number of hydrogen-bond donors (Lipinski definition) is 1. The van der Waals surface area contributed by atoms with E-state index >= 15 is 0 Å². The maximum Gasteiger partial charge on any atom is 0.101 e. The fraction of sp³-hybridized carbons (Fsp3) is 0.538. The molecule has 0 aliphatic carbocycles. The molecule has 0 aromatic heterocycles. The Labute approximate surface area is 177 Å². The molecule has 158 valence electrons. The van der Waals surface area contributed by atoms with Crippen molar-refractivity contribution < 1.29 is 10.1 Å². The number of anilines is 1. The largest absolute Gasteiger partial charge is 0.378 e. The molecule has 0 unspecified atom stereocenters. The Kier molecular flexibility index (Phi) is 7.37. The van der Waals surface area contributed by atoms with Gasteiger partial charge in [0, 0.05) is 38.4 Å². The van der Waals surface area contributed by atoms with Crippen molar-refractivity contribution in [3.63, 3.8) is 0 Å². The lowest BCUT2D eigenvalue weighted by Gasteiger charge is -2.39. The van der Waals surface area contributed by atoms with Gasteiger partial charge in [0.05, 0.1) is 12.1 Å². The Morgan fingerprint density at radius 2 is 1.76 bits per heavy atom. The third-order valence-corrected chi connectivity index (χ3v) is 6.32. The van der Waals surface area contributed by atoms with Crippen molar-refractivity contribution >= 4 is 5.69 Å². The van der Waals surface area contributed by atoms with Crippen LogP contribution >= 0.6 is 0 Å². The molecule has 3 rings (SSSR count). The Morgan fingerprint density at radius 1 is 1.07 bits per heavy atom. The number of aryl methyl sites for hydroxylation is 1. The molecule has 2 aromatic rings. The first-order valence-corrected chi connectivity index (χ1v) is 11.1. The van der Waals surface area contributed by atoms with Gasteiger partial charge in [-0.05, 0) is 63.1 Å². The molecule has 1 heterocycles. The van der Waals surface area contributed by atoms with E-state index in [-0.39, 0.29) is 5.60 Å². The van der Waals surface area contributed by atoms with Gasteiger partial charge >= 0.3 is 0 Å². The zero-order valence-corrected chi connectivity index (χ0v) is 18.9. The highest BCUT2D eigenvalue weighted by molar-refractivity contribution is 5.45. The van der Waals surface area contributed by atoms with Gasteiger partial charge in [0.2, 0.25) is 0 Å². The number of quaternary nitrogens is 1. The zero-order valence-electron chi connectivity index (χ0n) is 18.9. The highest BCUT2D eigenvalue weighted by Gasteiger charge is 2.34. The van der Waals surface area contributed by atoms with Gasteiger partial charge in [-0.25, -0.2) is 0 Å². The van der Waals surface area contributed by atoms with Crippen LogP contribution in [-0.2, 0) is 11.3 Å². The zero-order chi connectivity index (χ0) is 20.9. The SMILES string of the molecule is Cc1ccc([C@H](CC[NH2+]Cc2ccc(N(C)C)cc2)[C@@H]2CCOC(C)(C)C2)cc1. The molecule has 0 radical (unpaired) electrons. The van der Waals surface area contributed by atoms with Crippen LogP contribution in [-0.4, -0.2) is 32.8 Å². The molecule has 2 aromatic carbocycles. The normalized spacial score (nSPS) is 19.7. The van der Waals surface area contributed by atoms with Crippen LogP contribution in [0.5, 0.6) is 0 Å². The van der Waals surface area contributed by atoms with Crippen molar-refractivity contribution in [2.75, 3.05) is 32.1 Å². The predicted octanol–water partition coefficient (Wildman–Crippen LogP) is 4.50. The van der Waals surface area contributed by atoms with Gasteiger partial charge in [-0.15, -0.1) is 0 Å². The molecular formula is C26H39N2O+. The lowest BCUT2D eigenvalue weighted by molar-refractivity contribution is -0.671. The first-order chi connectivity index (χ1) is 13.8. The summed E-state index contributed by atoms with van der Waals surface area (Å²) in [5.41, 5.74) is 5.50. The summed E-state index contributed by atoms with van der Waals surface area (Å²) < 4.78 is 6.00. The van der Waals surface area contributed by atoms with Crippen LogP contribution < -0.4 is 10.2 Å². The highest BCUT2D eigenvalue weighted by Crippen LogP contribution is 2.39. The fourth-order valence-corrected chi connectivity index (χ4v) is 4.61. The van der Waals surface area contributed by atoms with Crippen LogP contribution in [0.1, 0.15) is 55.7 Å². The fourth-order valence-electron chi connectivity index (χ4n) is 4.61. The number of ether oxygens (including phenoxy) is 1. The first-order valence-electron chi connectivity index (χ1n) is 11.1. The summed E-state index contributed by atoms with van der Waals surface area (Å²) in [7, 11) is 4.17. The van der Waals surface area contributed by atoms with Crippen molar-refractivity contribution in [2.24, 2.45) is 5.92 Å². The van der Waals surface area contributed by atoms with Crippen molar-refractivity contribution in [3.8, 4) is 0 Å². The third kappa shape index (κ3) is 6.32. The summed E-state index contributed by atoms with van der Waals surface area (Å²) >= 11 is 0. The standard InChI is InChI=1S/C26H38N2O/c1-20-6-10-22(11-7-20)25(23-15-17-29-26(2,3)18-23)14-16-27-19-21-8-12-24(13-9-21)28(4)5/h6-13,23,25,27H,14-19H2,1-5H3/p+1/t23-,25+/m1/s1. The molecule has 3 nitrogen and oxygen atoms in total. The number of hydrogen-bond acceptors (Lipinski definition) is 2. The minimum Gasteiger partial charge on any atom is -0.378 e. The van der Waals surface area contributed by atoms with Gasteiger partial charge in [0.15, 0.2) is 0 Å². The topological polar surface area (TPSA) is 29.1 Å². The molecule has 29 heavy (non-hydrogen) atoms. The molecule has 2 atom stereocenters.